The smallest absolute Gasteiger partial charge is 0.233 e. The first-order chi connectivity index (χ1) is 15.2. The molecule has 2 heterocycles. The summed E-state index contributed by atoms with van der Waals surface area (Å²) in [6.45, 7) is 5.41. The van der Waals surface area contributed by atoms with Gasteiger partial charge in [-0.1, -0.05) is 66.7 Å². The number of carbonyl (C=O) groups is 1. The van der Waals surface area contributed by atoms with E-state index in [1.165, 1.54) is 31.0 Å². The summed E-state index contributed by atoms with van der Waals surface area (Å²) in [7, 11) is 0. The zero-order valence-corrected chi connectivity index (χ0v) is 18.7. The van der Waals surface area contributed by atoms with Crippen molar-refractivity contribution in [3.05, 3.63) is 72.1 Å². The molecule has 162 valence electrons. The molecule has 4 rings (SSSR count). The van der Waals surface area contributed by atoms with E-state index in [0.717, 1.165) is 41.9 Å². The minimum atomic E-state index is -0.279. The molecule has 3 aromatic rings. The van der Waals surface area contributed by atoms with Gasteiger partial charge in [-0.05, 0) is 50.6 Å². The molecule has 0 radical (unpaired) electrons. The van der Waals surface area contributed by atoms with E-state index in [-0.39, 0.29) is 11.2 Å². The van der Waals surface area contributed by atoms with Crippen LogP contribution in [0.5, 0.6) is 0 Å². The molecule has 7 heteroatoms. The topological polar surface area (TPSA) is 63.1 Å². The number of thioether (sulfide) groups is 1. The number of nitrogens with one attached hydrogen (secondary N) is 1. The van der Waals surface area contributed by atoms with Gasteiger partial charge < -0.3 is 5.32 Å². The highest BCUT2D eigenvalue weighted by Gasteiger charge is 2.22. The normalized spacial score (nSPS) is 15.5. The van der Waals surface area contributed by atoms with Gasteiger partial charge in [-0.2, -0.15) is 0 Å². The van der Waals surface area contributed by atoms with Crippen LogP contribution < -0.4 is 5.32 Å². The highest BCUT2D eigenvalue weighted by Crippen LogP contribution is 2.27. The maximum Gasteiger partial charge on any atom is 0.233 e. The Hall–Kier alpha value is -2.64. The van der Waals surface area contributed by atoms with Crippen molar-refractivity contribution in [2.75, 3.05) is 13.1 Å². The van der Waals surface area contributed by atoms with Gasteiger partial charge >= 0.3 is 0 Å². The maximum atomic E-state index is 12.7. The lowest BCUT2D eigenvalue weighted by molar-refractivity contribution is -0.120. The molecule has 1 aliphatic rings. The molecule has 0 bridgehead atoms. The first-order valence-corrected chi connectivity index (χ1v) is 11.8. The fourth-order valence-electron chi connectivity index (χ4n) is 3.77. The highest BCUT2D eigenvalue weighted by atomic mass is 32.2. The number of amides is 1. The number of aromatic nitrogens is 3. The Labute approximate surface area is 188 Å². The van der Waals surface area contributed by atoms with Gasteiger partial charge in [0.1, 0.15) is 0 Å². The quantitative estimate of drug-likeness (QED) is 0.541. The molecule has 6 nitrogen and oxygen atoms in total. The minimum Gasteiger partial charge on any atom is -0.351 e. The monoisotopic (exact) mass is 435 g/mol. The first-order valence-electron chi connectivity index (χ1n) is 10.9. The van der Waals surface area contributed by atoms with Gasteiger partial charge in [0.15, 0.2) is 11.0 Å². The predicted octanol–water partition coefficient (Wildman–Crippen LogP) is 4.05. The molecule has 0 spiro atoms. The SMILES string of the molecule is CC(Sc1nnc(CN2CCCCC2)n1-c1ccccc1)C(=O)NCc1ccccc1. The van der Waals surface area contributed by atoms with Crippen LogP contribution in [0.25, 0.3) is 5.69 Å². The zero-order chi connectivity index (χ0) is 21.5. The van der Waals surface area contributed by atoms with Gasteiger partial charge in [-0.3, -0.25) is 14.3 Å². The van der Waals surface area contributed by atoms with E-state index in [1.54, 1.807) is 0 Å². The van der Waals surface area contributed by atoms with Crippen molar-refractivity contribution in [2.45, 2.75) is 49.7 Å². The Morgan fingerprint density at radius 3 is 2.39 bits per heavy atom. The molecule has 0 aliphatic carbocycles. The van der Waals surface area contributed by atoms with Crippen molar-refractivity contribution in [3.8, 4) is 5.69 Å². The number of nitrogens with zero attached hydrogens (tertiary/aromatic N) is 4. The number of hydrogen-bond donors (Lipinski definition) is 1. The van der Waals surface area contributed by atoms with E-state index in [2.05, 4.69) is 37.1 Å². The van der Waals surface area contributed by atoms with Crippen LogP contribution in [0.4, 0.5) is 0 Å². The molecule has 1 fully saturated rings. The molecule has 1 aromatic heterocycles. The van der Waals surface area contributed by atoms with Crippen LogP contribution >= 0.6 is 11.8 Å². The molecule has 0 saturated carbocycles. The summed E-state index contributed by atoms with van der Waals surface area (Å²) in [6.07, 6.45) is 3.78. The van der Waals surface area contributed by atoms with Crippen LogP contribution in [0.1, 0.15) is 37.6 Å². The second-order valence-corrected chi connectivity index (χ2v) is 9.18. The summed E-state index contributed by atoms with van der Waals surface area (Å²) in [5, 5.41) is 12.5. The Balaban J connectivity index is 1.48. The maximum absolute atomic E-state index is 12.7. The van der Waals surface area contributed by atoms with Crippen molar-refractivity contribution < 1.29 is 4.79 Å². The van der Waals surface area contributed by atoms with Crippen molar-refractivity contribution in [3.63, 3.8) is 0 Å². The summed E-state index contributed by atoms with van der Waals surface area (Å²) >= 11 is 1.45. The third-order valence-corrected chi connectivity index (χ3v) is 6.53. The van der Waals surface area contributed by atoms with Crippen molar-refractivity contribution >= 4 is 17.7 Å². The molecule has 1 aliphatic heterocycles. The van der Waals surface area contributed by atoms with Gasteiger partial charge in [0.05, 0.1) is 11.8 Å². The van der Waals surface area contributed by atoms with Crippen LogP contribution in [-0.4, -0.2) is 43.9 Å². The van der Waals surface area contributed by atoms with E-state index >= 15 is 0 Å². The van der Waals surface area contributed by atoms with Crippen LogP contribution in [-0.2, 0) is 17.9 Å². The van der Waals surface area contributed by atoms with Crippen LogP contribution in [0.15, 0.2) is 65.8 Å². The standard InChI is InChI=1S/C24H29N5OS/c1-19(23(30)25-17-20-11-5-2-6-12-20)31-24-27-26-22(18-28-15-9-4-10-16-28)29(24)21-13-7-3-8-14-21/h2-3,5-8,11-14,19H,4,9-10,15-18H2,1H3,(H,25,30). The van der Waals surface area contributed by atoms with Crippen LogP contribution in [0.2, 0.25) is 0 Å². The van der Waals surface area contributed by atoms with Gasteiger partial charge in [0.2, 0.25) is 5.91 Å². The Bertz CT molecular complexity index is 970. The Kier molecular flexibility index (Phi) is 7.38. The summed E-state index contributed by atoms with van der Waals surface area (Å²) < 4.78 is 2.10. The second-order valence-electron chi connectivity index (χ2n) is 7.87. The van der Waals surface area contributed by atoms with Gasteiger partial charge in [-0.25, -0.2) is 0 Å². The third-order valence-electron chi connectivity index (χ3n) is 5.49. The zero-order valence-electron chi connectivity index (χ0n) is 17.9. The number of hydrogen-bond acceptors (Lipinski definition) is 5. The first kappa shape index (κ1) is 21.6. The minimum absolute atomic E-state index is 0.00551. The molecule has 1 unspecified atom stereocenters. The van der Waals surface area contributed by atoms with Crippen molar-refractivity contribution in [2.24, 2.45) is 0 Å². The molecule has 1 amide bonds. The lowest BCUT2D eigenvalue weighted by atomic mass is 10.1. The van der Waals surface area contributed by atoms with E-state index < -0.39 is 0 Å². The van der Waals surface area contributed by atoms with E-state index in [9.17, 15) is 4.79 Å². The number of piperidine rings is 1. The average molecular weight is 436 g/mol. The fraction of sp³-hybridized carbons (Fsp3) is 0.375. The number of para-hydroxylation sites is 1. The summed E-state index contributed by atoms with van der Waals surface area (Å²) in [4.78, 5) is 15.1. The lowest BCUT2D eigenvalue weighted by Gasteiger charge is -2.26. The lowest BCUT2D eigenvalue weighted by Crippen LogP contribution is -2.31. The van der Waals surface area contributed by atoms with Gasteiger partial charge in [0, 0.05) is 12.2 Å². The summed E-state index contributed by atoms with van der Waals surface area (Å²) in [6, 6.07) is 20.1. The number of rotatable bonds is 8. The number of carbonyl (C=O) groups excluding carboxylic acids is 1. The molecular weight excluding hydrogens is 406 g/mol. The van der Waals surface area contributed by atoms with Gasteiger partial charge in [0.25, 0.3) is 0 Å². The van der Waals surface area contributed by atoms with E-state index in [1.807, 2.05) is 55.5 Å². The van der Waals surface area contributed by atoms with E-state index in [0.29, 0.717) is 6.54 Å². The third kappa shape index (κ3) is 5.74. The summed E-state index contributed by atoms with van der Waals surface area (Å²) in [5.41, 5.74) is 2.11. The molecule has 31 heavy (non-hydrogen) atoms. The number of likely N-dealkylation sites (tertiary alicyclic amines) is 1. The summed E-state index contributed by atoms with van der Waals surface area (Å²) in [5.74, 6) is 0.918. The number of benzene rings is 2. The van der Waals surface area contributed by atoms with Gasteiger partial charge in [-0.15, -0.1) is 10.2 Å². The molecule has 2 aromatic carbocycles. The average Bonchev–Trinajstić information content (AvgIpc) is 3.21. The molecule has 1 saturated heterocycles. The molecule has 1 atom stereocenters. The predicted molar refractivity (Wildman–Crippen MR) is 124 cm³/mol. The fourth-order valence-corrected chi connectivity index (χ4v) is 4.68. The van der Waals surface area contributed by atoms with Crippen molar-refractivity contribution in [1.82, 2.24) is 25.0 Å². The Morgan fingerprint density at radius 1 is 1.00 bits per heavy atom. The van der Waals surface area contributed by atoms with Crippen LogP contribution in [0, 0.1) is 0 Å². The molecule has 1 N–H and O–H groups in total. The van der Waals surface area contributed by atoms with Crippen LogP contribution in [0.3, 0.4) is 0 Å². The largest absolute Gasteiger partial charge is 0.351 e. The molecular formula is C24H29N5OS. The van der Waals surface area contributed by atoms with E-state index in [4.69, 9.17) is 0 Å². The second kappa shape index (κ2) is 10.6. The Morgan fingerprint density at radius 2 is 1.68 bits per heavy atom. The highest BCUT2D eigenvalue weighted by molar-refractivity contribution is 8.00. The van der Waals surface area contributed by atoms with Crippen molar-refractivity contribution in [1.29, 1.82) is 0 Å².